The summed E-state index contributed by atoms with van der Waals surface area (Å²) >= 11 is 0. The highest BCUT2D eigenvalue weighted by atomic mass is 16.5. The fraction of sp³-hybridized carbons (Fsp3) is 0.182. The van der Waals surface area contributed by atoms with Gasteiger partial charge in [-0.3, -0.25) is 4.79 Å². The van der Waals surface area contributed by atoms with Crippen LogP contribution in [-0.4, -0.2) is 32.2 Å². The topological polar surface area (TPSA) is 81.7 Å². The maximum absolute atomic E-state index is 12.5. The van der Waals surface area contributed by atoms with Crippen molar-refractivity contribution >= 4 is 23.0 Å². The molecule has 0 aliphatic carbocycles. The van der Waals surface area contributed by atoms with E-state index in [0.29, 0.717) is 22.9 Å². The Morgan fingerprint density at radius 2 is 1.52 bits per heavy atom. The number of amides is 1. The van der Waals surface area contributed by atoms with E-state index < -0.39 is 0 Å². The van der Waals surface area contributed by atoms with Gasteiger partial charge in [0.15, 0.2) is 11.5 Å². The van der Waals surface area contributed by atoms with Gasteiger partial charge in [0, 0.05) is 11.8 Å². The minimum atomic E-state index is -0.322. The molecule has 29 heavy (non-hydrogen) atoms. The van der Waals surface area contributed by atoms with Crippen molar-refractivity contribution in [3.05, 3.63) is 66.0 Å². The minimum Gasteiger partial charge on any atom is -0.495 e. The lowest BCUT2D eigenvalue weighted by molar-refractivity contribution is 0.102. The van der Waals surface area contributed by atoms with Crippen LogP contribution in [0.15, 0.2) is 54.7 Å². The van der Waals surface area contributed by atoms with Crippen LogP contribution >= 0.6 is 0 Å². The van der Waals surface area contributed by atoms with E-state index in [9.17, 15) is 4.79 Å². The summed E-state index contributed by atoms with van der Waals surface area (Å²) in [6, 6.07) is 14.5. The van der Waals surface area contributed by atoms with E-state index in [1.165, 1.54) is 0 Å². The number of nitrogens with one attached hydrogen (secondary N) is 2. The number of methoxy groups -OCH3 is 3. The average Bonchev–Trinajstić information content (AvgIpc) is 2.74. The Balaban J connectivity index is 1.72. The van der Waals surface area contributed by atoms with Crippen molar-refractivity contribution < 1.29 is 19.0 Å². The number of nitrogens with zero attached hydrogens (tertiary/aromatic N) is 1. The molecule has 7 heteroatoms. The van der Waals surface area contributed by atoms with E-state index in [0.717, 1.165) is 22.7 Å². The third-order valence-corrected chi connectivity index (χ3v) is 4.27. The maximum Gasteiger partial charge on any atom is 0.274 e. The van der Waals surface area contributed by atoms with Crippen molar-refractivity contribution in [2.24, 2.45) is 0 Å². The van der Waals surface area contributed by atoms with Gasteiger partial charge >= 0.3 is 0 Å². The third-order valence-electron chi connectivity index (χ3n) is 4.27. The molecule has 3 rings (SSSR count). The summed E-state index contributed by atoms with van der Waals surface area (Å²) in [6.07, 6.45) is 1.60. The second-order valence-corrected chi connectivity index (χ2v) is 6.28. The molecule has 0 saturated carbocycles. The zero-order chi connectivity index (χ0) is 20.8. The van der Waals surface area contributed by atoms with Crippen molar-refractivity contribution in [3.8, 4) is 17.2 Å². The molecule has 0 atom stereocenters. The summed E-state index contributed by atoms with van der Waals surface area (Å²) in [5, 5.41) is 6.06. The number of aromatic nitrogens is 1. The fourth-order valence-corrected chi connectivity index (χ4v) is 2.79. The van der Waals surface area contributed by atoms with E-state index in [-0.39, 0.29) is 5.91 Å². The standard InChI is InChI=1S/C22H23N3O4/c1-14-5-9-19(27-2)18(11-14)24-16-6-8-17(23-13-16)22(26)25-15-7-10-20(28-3)21(12-15)29-4/h5-13,24H,1-4H3,(H,25,26). The van der Waals surface area contributed by atoms with Crippen LogP contribution in [-0.2, 0) is 0 Å². The number of carbonyl (C=O) groups excluding carboxylic acids is 1. The van der Waals surface area contributed by atoms with Crippen LogP contribution in [0.25, 0.3) is 0 Å². The lowest BCUT2D eigenvalue weighted by Crippen LogP contribution is -2.13. The van der Waals surface area contributed by atoms with Crippen molar-refractivity contribution in [3.63, 3.8) is 0 Å². The van der Waals surface area contributed by atoms with Crippen LogP contribution < -0.4 is 24.8 Å². The summed E-state index contributed by atoms with van der Waals surface area (Å²) < 4.78 is 15.8. The van der Waals surface area contributed by atoms with E-state index in [1.54, 1.807) is 57.9 Å². The molecule has 0 aliphatic heterocycles. The first-order valence-electron chi connectivity index (χ1n) is 8.95. The Labute approximate surface area is 169 Å². The van der Waals surface area contributed by atoms with Crippen molar-refractivity contribution in [2.45, 2.75) is 6.92 Å². The summed E-state index contributed by atoms with van der Waals surface area (Å²) in [6.45, 7) is 2.00. The molecule has 2 aromatic carbocycles. The van der Waals surface area contributed by atoms with Gasteiger partial charge in [-0.25, -0.2) is 4.98 Å². The average molecular weight is 393 g/mol. The van der Waals surface area contributed by atoms with Crippen LogP contribution in [0, 0.1) is 6.92 Å². The van der Waals surface area contributed by atoms with Gasteiger partial charge in [-0.2, -0.15) is 0 Å². The normalized spacial score (nSPS) is 10.2. The highest BCUT2D eigenvalue weighted by Crippen LogP contribution is 2.30. The summed E-state index contributed by atoms with van der Waals surface area (Å²) in [4.78, 5) is 16.8. The molecule has 0 bridgehead atoms. The predicted molar refractivity (Wildman–Crippen MR) is 113 cm³/mol. The number of rotatable bonds is 7. The lowest BCUT2D eigenvalue weighted by atomic mass is 10.2. The quantitative estimate of drug-likeness (QED) is 0.619. The molecule has 150 valence electrons. The number of aryl methyl sites for hydroxylation is 1. The molecule has 3 aromatic rings. The Kier molecular flexibility index (Phi) is 6.19. The Morgan fingerprint density at radius 1 is 0.828 bits per heavy atom. The van der Waals surface area contributed by atoms with Crippen molar-refractivity contribution in [1.29, 1.82) is 0 Å². The molecule has 0 aliphatic rings. The molecule has 1 aromatic heterocycles. The molecule has 0 spiro atoms. The summed E-state index contributed by atoms with van der Waals surface area (Å²) in [5.74, 6) is 1.53. The van der Waals surface area contributed by atoms with E-state index >= 15 is 0 Å². The van der Waals surface area contributed by atoms with Crippen LogP contribution in [0.3, 0.4) is 0 Å². The SMILES string of the molecule is COc1ccc(C)cc1Nc1ccc(C(=O)Nc2ccc(OC)c(OC)c2)nc1. The van der Waals surface area contributed by atoms with E-state index in [2.05, 4.69) is 15.6 Å². The Bertz CT molecular complexity index is 1000. The first kappa shape index (κ1) is 20.0. The van der Waals surface area contributed by atoms with Crippen LogP contribution in [0.1, 0.15) is 16.1 Å². The second-order valence-electron chi connectivity index (χ2n) is 6.28. The van der Waals surface area contributed by atoms with Crippen LogP contribution in [0.2, 0.25) is 0 Å². The van der Waals surface area contributed by atoms with Gasteiger partial charge in [0.25, 0.3) is 5.91 Å². The molecule has 0 saturated heterocycles. The zero-order valence-corrected chi connectivity index (χ0v) is 16.8. The Hall–Kier alpha value is -3.74. The van der Waals surface area contributed by atoms with Gasteiger partial charge < -0.3 is 24.8 Å². The van der Waals surface area contributed by atoms with Crippen LogP contribution in [0.5, 0.6) is 17.2 Å². The van der Waals surface area contributed by atoms with Gasteiger partial charge in [-0.15, -0.1) is 0 Å². The zero-order valence-electron chi connectivity index (χ0n) is 16.8. The number of ether oxygens (including phenoxy) is 3. The predicted octanol–water partition coefficient (Wildman–Crippen LogP) is 4.41. The first-order chi connectivity index (χ1) is 14.0. The molecule has 1 amide bonds. The highest BCUT2D eigenvalue weighted by molar-refractivity contribution is 6.03. The molecule has 1 heterocycles. The number of carbonyl (C=O) groups is 1. The monoisotopic (exact) mass is 393 g/mol. The smallest absolute Gasteiger partial charge is 0.274 e. The van der Waals surface area contributed by atoms with Crippen molar-refractivity contribution in [1.82, 2.24) is 4.98 Å². The van der Waals surface area contributed by atoms with Gasteiger partial charge in [-0.05, 0) is 48.9 Å². The van der Waals surface area contributed by atoms with Crippen molar-refractivity contribution in [2.75, 3.05) is 32.0 Å². The van der Waals surface area contributed by atoms with E-state index in [1.807, 2.05) is 25.1 Å². The summed E-state index contributed by atoms with van der Waals surface area (Å²) in [5.41, 5.74) is 3.56. The van der Waals surface area contributed by atoms with Gasteiger partial charge in [0.2, 0.25) is 0 Å². The first-order valence-corrected chi connectivity index (χ1v) is 8.95. The third kappa shape index (κ3) is 4.76. The van der Waals surface area contributed by atoms with Gasteiger partial charge in [-0.1, -0.05) is 6.07 Å². The number of anilines is 3. The summed E-state index contributed by atoms with van der Waals surface area (Å²) in [7, 11) is 4.72. The molecular weight excluding hydrogens is 370 g/mol. The number of hydrogen-bond donors (Lipinski definition) is 2. The number of hydrogen-bond acceptors (Lipinski definition) is 6. The molecule has 0 fully saturated rings. The lowest BCUT2D eigenvalue weighted by Gasteiger charge is -2.12. The molecule has 2 N–H and O–H groups in total. The molecule has 0 radical (unpaired) electrons. The second kappa shape index (κ2) is 8.97. The molecule has 7 nitrogen and oxygen atoms in total. The highest BCUT2D eigenvalue weighted by Gasteiger charge is 2.11. The Morgan fingerprint density at radius 3 is 2.17 bits per heavy atom. The van der Waals surface area contributed by atoms with Gasteiger partial charge in [0.05, 0.1) is 38.9 Å². The fourth-order valence-electron chi connectivity index (χ4n) is 2.79. The van der Waals surface area contributed by atoms with E-state index in [4.69, 9.17) is 14.2 Å². The maximum atomic E-state index is 12.5. The number of benzene rings is 2. The van der Waals surface area contributed by atoms with Crippen LogP contribution in [0.4, 0.5) is 17.1 Å². The largest absolute Gasteiger partial charge is 0.495 e. The molecule has 0 unspecified atom stereocenters. The number of pyridine rings is 1. The molecular formula is C22H23N3O4. The van der Waals surface area contributed by atoms with Gasteiger partial charge in [0.1, 0.15) is 11.4 Å². The minimum absolute atomic E-state index is 0.293.